The van der Waals surface area contributed by atoms with E-state index in [2.05, 4.69) is 4.98 Å². The van der Waals surface area contributed by atoms with E-state index in [9.17, 15) is 19.8 Å². The van der Waals surface area contributed by atoms with Crippen molar-refractivity contribution in [3.05, 3.63) is 131 Å². The van der Waals surface area contributed by atoms with Crippen molar-refractivity contribution in [1.82, 2.24) is 9.88 Å². The largest absolute Gasteiger partial charge is 0.508 e. The Morgan fingerprint density at radius 2 is 1.74 bits per heavy atom. The molecule has 3 aromatic carbocycles. The summed E-state index contributed by atoms with van der Waals surface area (Å²) in [5, 5.41) is 21.5. The van der Waals surface area contributed by atoms with Crippen molar-refractivity contribution < 1.29 is 24.5 Å². The first-order valence-corrected chi connectivity index (χ1v) is 12.2. The number of aryl methyl sites for hydroxylation is 1. The van der Waals surface area contributed by atoms with E-state index in [0.717, 1.165) is 11.1 Å². The lowest BCUT2D eigenvalue weighted by molar-refractivity contribution is -0.140. The van der Waals surface area contributed by atoms with Crippen molar-refractivity contribution in [3.63, 3.8) is 0 Å². The van der Waals surface area contributed by atoms with Crippen LogP contribution in [0.4, 0.5) is 0 Å². The summed E-state index contributed by atoms with van der Waals surface area (Å²) in [6.45, 7) is 2.31. The Kier molecular flexibility index (Phi) is 6.91. The summed E-state index contributed by atoms with van der Waals surface area (Å²) in [5.74, 6) is -1.20. The normalized spacial score (nSPS) is 16.6. The monoisotopic (exact) mass is 506 g/mol. The summed E-state index contributed by atoms with van der Waals surface area (Å²) in [6.07, 6.45) is 1.61. The Morgan fingerprint density at radius 1 is 0.947 bits per heavy atom. The second-order valence-electron chi connectivity index (χ2n) is 9.10. The Labute approximate surface area is 220 Å². The summed E-state index contributed by atoms with van der Waals surface area (Å²) < 4.78 is 5.95. The highest BCUT2D eigenvalue weighted by molar-refractivity contribution is 6.46. The molecule has 190 valence electrons. The van der Waals surface area contributed by atoms with Gasteiger partial charge >= 0.3 is 0 Å². The van der Waals surface area contributed by atoms with Crippen LogP contribution in [0.2, 0.25) is 0 Å². The van der Waals surface area contributed by atoms with Gasteiger partial charge in [0.2, 0.25) is 0 Å². The molecule has 0 saturated carbocycles. The fourth-order valence-corrected chi connectivity index (χ4v) is 4.60. The molecule has 0 spiro atoms. The molecule has 0 aliphatic carbocycles. The fraction of sp³-hybridized carbons (Fsp3) is 0.129. The van der Waals surface area contributed by atoms with Crippen LogP contribution in [0.3, 0.4) is 0 Å². The molecule has 0 bridgehead atoms. The van der Waals surface area contributed by atoms with Crippen LogP contribution >= 0.6 is 0 Å². The quantitative estimate of drug-likeness (QED) is 0.201. The lowest BCUT2D eigenvalue weighted by Crippen LogP contribution is -2.29. The van der Waals surface area contributed by atoms with E-state index in [0.29, 0.717) is 29.2 Å². The zero-order valence-electron chi connectivity index (χ0n) is 20.7. The Hall–Kier alpha value is -4.91. The van der Waals surface area contributed by atoms with Crippen molar-refractivity contribution in [2.45, 2.75) is 26.1 Å². The third kappa shape index (κ3) is 4.99. The van der Waals surface area contributed by atoms with Crippen LogP contribution in [0.1, 0.15) is 34.0 Å². The van der Waals surface area contributed by atoms with Crippen LogP contribution in [0.5, 0.6) is 11.5 Å². The summed E-state index contributed by atoms with van der Waals surface area (Å²) in [7, 11) is 0. The van der Waals surface area contributed by atoms with E-state index in [1.807, 2.05) is 37.3 Å². The molecule has 1 unspecified atom stereocenters. The first-order valence-electron chi connectivity index (χ1n) is 12.2. The molecule has 1 aliphatic rings. The van der Waals surface area contributed by atoms with Gasteiger partial charge in [0.25, 0.3) is 11.7 Å². The Balaban J connectivity index is 1.52. The van der Waals surface area contributed by atoms with E-state index in [1.165, 1.54) is 17.0 Å². The molecule has 2 heterocycles. The third-order valence-electron chi connectivity index (χ3n) is 6.47. The zero-order chi connectivity index (χ0) is 26.6. The average molecular weight is 507 g/mol. The number of ether oxygens (including phenoxy) is 1. The average Bonchev–Trinajstić information content (AvgIpc) is 3.18. The van der Waals surface area contributed by atoms with Crippen LogP contribution in [-0.2, 0) is 22.7 Å². The van der Waals surface area contributed by atoms with Gasteiger partial charge in [-0.1, -0.05) is 48.5 Å². The molecule has 1 amide bonds. The molecule has 1 fully saturated rings. The van der Waals surface area contributed by atoms with E-state index < -0.39 is 17.7 Å². The van der Waals surface area contributed by atoms with Gasteiger partial charge in [0.1, 0.15) is 23.9 Å². The number of ketones is 1. The van der Waals surface area contributed by atoms with Crippen molar-refractivity contribution in [2.75, 3.05) is 0 Å². The highest BCUT2D eigenvalue weighted by Crippen LogP contribution is 2.41. The SMILES string of the molecule is Cc1cc(/C(O)=C2/C(=O)C(=O)N(Cc3ccccn3)C2c2cccc(O)c2)ccc1OCc1ccccc1. The van der Waals surface area contributed by atoms with Gasteiger partial charge in [-0.3, -0.25) is 14.6 Å². The molecular formula is C31H26N2O5. The van der Waals surface area contributed by atoms with Crippen molar-refractivity contribution in [3.8, 4) is 11.5 Å². The van der Waals surface area contributed by atoms with E-state index in [4.69, 9.17) is 4.74 Å². The number of Topliss-reactive ketones (excluding diaryl/α,β-unsaturated/α-hetero) is 1. The molecule has 38 heavy (non-hydrogen) atoms. The maximum Gasteiger partial charge on any atom is 0.296 e. The number of aliphatic hydroxyl groups is 1. The lowest BCUT2D eigenvalue weighted by Gasteiger charge is -2.25. The molecule has 1 aromatic heterocycles. The molecule has 7 nitrogen and oxygen atoms in total. The van der Waals surface area contributed by atoms with E-state index >= 15 is 0 Å². The Bertz CT molecular complexity index is 1520. The summed E-state index contributed by atoms with van der Waals surface area (Å²) in [4.78, 5) is 32.1. The number of rotatable bonds is 7. The summed E-state index contributed by atoms with van der Waals surface area (Å²) >= 11 is 0. The fourth-order valence-electron chi connectivity index (χ4n) is 4.60. The molecule has 1 aliphatic heterocycles. The number of likely N-dealkylation sites (tertiary alicyclic amines) is 1. The van der Waals surface area contributed by atoms with E-state index in [1.54, 1.807) is 54.7 Å². The van der Waals surface area contributed by atoms with Gasteiger partial charge in [0.05, 0.1) is 23.9 Å². The summed E-state index contributed by atoms with van der Waals surface area (Å²) in [6, 6.07) is 25.6. The minimum absolute atomic E-state index is 0.0123. The number of hydrogen-bond acceptors (Lipinski definition) is 6. The number of phenols is 1. The van der Waals surface area contributed by atoms with Crippen LogP contribution in [-0.4, -0.2) is 31.8 Å². The molecule has 7 heteroatoms. The highest BCUT2D eigenvalue weighted by atomic mass is 16.5. The van der Waals surface area contributed by atoms with Crippen LogP contribution in [0, 0.1) is 6.92 Å². The first-order chi connectivity index (χ1) is 18.4. The van der Waals surface area contributed by atoms with Crippen LogP contribution in [0.25, 0.3) is 5.76 Å². The second-order valence-corrected chi connectivity index (χ2v) is 9.10. The molecule has 5 rings (SSSR count). The molecule has 1 atom stereocenters. The number of carbonyl (C=O) groups excluding carboxylic acids is 2. The maximum atomic E-state index is 13.3. The van der Waals surface area contributed by atoms with Gasteiger partial charge in [0, 0.05) is 11.8 Å². The Morgan fingerprint density at radius 3 is 2.45 bits per heavy atom. The molecule has 0 radical (unpaired) electrons. The first kappa shape index (κ1) is 24.8. The molecule has 4 aromatic rings. The number of nitrogens with zero attached hydrogens (tertiary/aromatic N) is 2. The summed E-state index contributed by atoms with van der Waals surface area (Å²) in [5.41, 5.74) is 3.22. The number of carbonyl (C=O) groups is 2. The predicted octanol–water partition coefficient (Wildman–Crippen LogP) is 5.30. The number of aliphatic hydroxyl groups excluding tert-OH is 1. The van der Waals surface area contributed by atoms with Gasteiger partial charge in [-0.15, -0.1) is 0 Å². The zero-order valence-corrected chi connectivity index (χ0v) is 20.7. The van der Waals surface area contributed by atoms with Gasteiger partial charge in [-0.25, -0.2) is 0 Å². The minimum Gasteiger partial charge on any atom is -0.508 e. The number of benzene rings is 3. The molecule has 2 N–H and O–H groups in total. The highest BCUT2D eigenvalue weighted by Gasteiger charge is 2.46. The third-order valence-corrected chi connectivity index (χ3v) is 6.47. The number of hydrogen-bond donors (Lipinski definition) is 2. The van der Waals surface area contributed by atoms with Gasteiger partial charge in [-0.05, 0) is 66.1 Å². The molecule has 1 saturated heterocycles. The topological polar surface area (TPSA) is 100.0 Å². The van der Waals surface area contributed by atoms with Crippen molar-refractivity contribution in [2.24, 2.45) is 0 Å². The van der Waals surface area contributed by atoms with Gasteiger partial charge < -0.3 is 19.8 Å². The van der Waals surface area contributed by atoms with Gasteiger partial charge in [0.15, 0.2) is 0 Å². The number of pyridine rings is 1. The van der Waals surface area contributed by atoms with Crippen LogP contribution in [0.15, 0.2) is 103 Å². The number of phenolic OH excluding ortho intramolecular Hbond substituents is 1. The van der Waals surface area contributed by atoms with Crippen LogP contribution < -0.4 is 4.74 Å². The molecular weight excluding hydrogens is 480 g/mol. The number of aromatic nitrogens is 1. The predicted molar refractivity (Wildman–Crippen MR) is 142 cm³/mol. The maximum absolute atomic E-state index is 13.3. The number of amides is 1. The second kappa shape index (κ2) is 10.6. The van der Waals surface area contributed by atoms with Crippen molar-refractivity contribution >= 4 is 17.4 Å². The smallest absolute Gasteiger partial charge is 0.296 e. The lowest BCUT2D eigenvalue weighted by atomic mass is 9.94. The minimum atomic E-state index is -0.904. The number of aromatic hydroxyl groups is 1. The van der Waals surface area contributed by atoms with Crippen molar-refractivity contribution in [1.29, 1.82) is 0 Å². The standard InChI is InChI=1S/C31H26N2O5/c1-20-16-23(13-14-26(20)38-19-21-8-3-2-4-9-21)29(35)27-28(22-10-7-12-25(34)17-22)33(31(37)30(27)36)18-24-11-5-6-15-32-24/h2-17,28,34-35H,18-19H2,1H3/b29-27-. The van der Waals surface area contributed by atoms with Gasteiger partial charge in [-0.2, -0.15) is 0 Å². The van der Waals surface area contributed by atoms with E-state index in [-0.39, 0.29) is 23.6 Å².